The maximum atomic E-state index is 10.9. The van der Waals surface area contributed by atoms with Gasteiger partial charge in [0.15, 0.2) is 0 Å². The Bertz CT molecular complexity index is 168. The second-order valence-corrected chi connectivity index (χ2v) is 2.79. The number of nitrogens with one attached hydrogen (secondary N) is 1. The zero-order valence-corrected chi connectivity index (χ0v) is 7.35. The number of carbonyl (C=O) groups is 2. The van der Waals surface area contributed by atoms with E-state index in [1.807, 2.05) is 13.2 Å². The number of amides is 2. The third-order valence-electron chi connectivity index (χ3n) is 1.08. The van der Waals surface area contributed by atoms with E-state index in [4.69, 9.17) is 0 Å². The van der Waals surface area contributed by atoms with Crippen LogP contribution in [0.3, 0.4) is 0 Å². The first-order valence-corrected chi connectivity index (χ1v) is 4.44. The van der Waals surface area contributed by atoms with Gasteiger partial charge in [-0.05, 0) is 13.2 Å². The van der Waals surface area contributed by atoms with Gasteiger partial charge in [-0.3, -0.25) is 14.9 Å². The average molecular weight is 173 g/mol. The van der Waals surface area contributed by atoms with Crippen molar-refractivity contribution in [2.45, 2.75) is 12.2 Å². The monoisotopic (exact) mass is 173 g/mol. The average Bonchev–Trinajstić information content (AvgIpc) is 2.00. The van der Waals surface area contributed by atoms with Crippen LogP contribution in [0, 0.1) is 0 Å². The number of carbonyl (C=O) groups excluding carboxylic acids is 2. The van der Waals surface area contributed by atoms with Crippen LogP contribution in [0.1, 0.15) is 6.92 Å². The summed E-state index contributed by atoms with van der Waals surface area (Å²) in [6, 6.07) is 0. The van der Waals surface area contributed by atoms with Crippen molar-refractivity contribution >= 4 is 24.1 Å². The van der Waals surface area contributed by atoms with E-state index in [2.05, 4.69) is 5.32 Å². The van der Waals surface area contributed by atoms with E-state index in [0.717, 1.165) is 0 Å². The molecule has 0 spiro atoms. The van der Waals surface area contributed by atoms with E-state index in [-0.39, 0.29) is 11.2 Å². The minimum absolute atomic E-state index is 0.259. The lowest BCUT2D eigenvalue weighted by atomic mass is 10.3. The molecule has 0 rings (SSSR count). The SMILES string of the molecule is CC=CC(SC)C(=O)NC=O. The molecular formula is C7H11NO2S. The molecule has 0 aliphatic carbocycles. The van der Waals surface area contributed by atoms with E-state index in [1.165, 1.54) is 11.8 Å². The molecule has 0 saturated heterocycles. The summed E-state index contributed by atoms with van der Waals surface area (Å²) >= 11 is 1.38. The molecule has 0 aromatic heterocycles. The van der Waals surface area contributed by atoms with Gasteiger partial charge >= 0.3 is 0 Å². The summed E-state index contributed by atoms with van der Waals surface area (Å²) in [7, 11) is 0. The number of imide groups is 1. The fourth-order valence-electron chi connectivity index (χ4n) is 0.588. The lowest BCUT2D eigenvalue weighted by molar-refractivity contribution is -0.124. The molecule has 2 amide bonds. The van der Waals surface area contributed by atoms with Gasteiger partial charge in [0.05, 0.1) is 0 Å². The minimum atomic E-state index is -0.273. The van der Waals surface area contributed by atoms with E-state index in [0.29, 0.717) is 6.41 Å². The normalized spacial score (nSPS) is 12.9. The molecule has 0 aliphatic rings. The van der Waals surface area contributed by atoms with Crippen molar-refractivity contribution in [3.63, 3.8) is 0 Å². The van der Waals surface area contributed by atoms with Gasteiger partial charge in [-0.25, -0.2) is 0 Å². The predicted octanol–water partition coefficient (Wildman–Crippen LogP) is 0.567. The fraction of sp³-hybridized carbons (Fsp3) is 0.429. The van der Waals surface area contributed by atoms with Gasteiger partial charge in [-0.15, -0.1) is 11.8 Å². The van der Waals surface area contributed by atoms with Gasteiger partial charge in [-0.2, -0.15) is 0 Å². The first-order chi connectivity index (χ1) is 5.26. The molecule has 0 aromatic carbocycles. The minimum Gasteiger partial charge on any atom is -0.298 e. The van der Waals surface area contributed by atoms with Crippen LogP contribution in [0.2, 0.25) is 0 Å². The van der Waals surface area contributed by atoms with Crippen molar-refractivity contribution in [2.75, 3.05) is 6.26 Å². The molecule has 11 heavy (non-hydrogen) atoms. The maximum Gasteiger partial charge on any atom is 0.243 e. The summed E-state index contributed by atoms with van der Waals surface area (Å²) in [5.74, 6) is -0.273. The highest BCUT2D eigenvalue weighted by atomic mass is 32.2. The second kappa shape index (κ2) is 5.97. The summed E-state index contributed by atoms with van der Waals surface area (Å²) in [6.45, 7) is 1.83. The Balaban J connectivity index is 4.01. The Morgan fingerprint density at radius 1 is 1.64 bits per heavy atom. The predicted molar refractivity (Wildman–Crippen MR) is 46.3 cm³/mol. The highest BCUT2D eigenvalue weighted by Gasteiger charge is 2.11. The van der Waals surface area contributed by atoms with Gasteiger partial charge in [0.25, 0.3) is 0 Å². The molecular weight excluding hydrogens is 162 g/mol. The topological polar surface area (TPSA) is 46.2 Å². The molecule has 0 bridgehead atoms. The van der Waals surface area contributed by atoms with Crippen LogP contribution in [-0.4, -0.2) is 23.8 Å². The Kier molecular flexibility index (Phi) is 5.56. The summed E-state index contributed by atoms with van der Waals surface area (Å²) < 4.78 is 0. The molecule has 3 nitrogen and oxygen atoms in total. The van der Waals surface area contributed by atoms with Crippen LogP contribution < -0.4 is 5.32 Å². The molecule has 0 radical (unpaired) electrons. The maximum absolute atomic E-state index is 10.9. The number of allylic oxidation sites excluding steroid dienone is 1. The van der Waals surface area contributed by atoms with Crippen molar-refractivity contribution < 1.29 is 9.59 Å². The molecule has 1 N–H and O–H groups in total. The summed E-state index contributed by atoms with van der Waals surface area (Å²) in [5, 5.41) is 1.83. The van der Waals surface area contributed by atoms with Crippen molar-refractivity contribution in [3.05, 3.63) is 12.2 Å². The number of rotatable bonds is 4. The van der Waals surface area contributed by atoms with Gasteiger partial charge < -0.3 is 0 Å². The number of thioether (sulfide) groups is 1. The third-order valence-corrected chi connectivity index (χ3v) is 1.96. The highest BCUT2D eigenvalue weighted by Crippen LogP contribution is 2.07. The molecule has 62 valence electrons. The van der Waals surface area contributed by atoms with Gasteiger partial charge in [-0.1, -0.05) is 12.2 Å². The Labute approximate surface area is 70.2 Å². The Morgan fingerprint density at radius 2 is 2.27 bits per heavy atom. The Hall–Kier alpha value is -0.770. The summed E-state index contributed by atoms with van der Waals surface area (Å²) in [5.41, 5.74) is 0. The molecule has 1 unspecified atom stereocenters. The van der Waals surface area contributed by atoms with Crippen LogP contribution in [0.25, 0.3) is 0 Å². The molecule has 0 heterocycles. The van der Waals surface area contributed by atoms with E-state index >= 15 is 0 Å². The fourth-order valence-corrected chi connectivity index (χ4v) is 1.18. The lowest BCUT2D eigenvalue weighted by Crippen LogP contribution is -2.30. The Morgan fingerprint density at radius 3 is 2.64 bits per heavy atom. The highest BCUT2D eigenvalue weighted by molar-refractivity contribution is 8.00. The molecule has 0 saturated carbocycles. The summed E-state index contributed by atoms with van der Waals surface area (Å²) in [4.78, 5) is 20.8. The van der Waals surface area contributed by atoms with E-state index in [9.17, 15) is 9.59 Å². The van der Waals surface area contributed by atoms with Crippen LogP contribution in [0.4, 0.5) is 0 Å². The molecule has 0 aromatic rings. The van der Waals surface area contributed by atoms with Crippen LogP contribution >= 0.6 is 11.8 Å². The van der Waals surface area contributed by atoms with E-state index < -0.39 is 0 Å². The standard InChI is InChI=1S/C7H11NO2S/c1-3-4-6(11-2)7(10)8-5-9/h3-6H,1-2H3,(H,8,9,10). The quantitative estimate of drug-likeness (QED) is 0.499. The zero-order chi connectivity index (χ0) is 8.69. The largest absolute Gasteiger partial charge is 0.298 e. The van der Waals surface area contributed by atoms with Crippen LogP contribution in [0.15, 0.2) is 12.2 Å². The van der Waals surface area contributed by atoms with Crippen LogP contribution in [-0.2, 0) is 9.59 Å². The molecule has 0 aliphatic heterocycles. The third kappa shape index (κ3) is 3.83. The summed E-state index contributed by atoms with van der Waals surface area (Å²) in [6.07, 6.45) is 5.74. The van der Waals surface area contributed by atoms with Gasteiger partial charge in [0, 0.05) is 0 Å². The second-order valence-electron chi connectivity index (χ2n) is 1.81. The van der Waals surface area contributed by atoms with Gasteiger partial charge in [0.2, 0.25) is 12.3 Å². The van der Waals surface area contributed by atoms with Crippen LogP contribution in [0.5, 0.6) is 0 Å². The molecule has 1 atom stereocenters. The molecule has 0 fully saturated rings. The number of hydrogen-bond acceptors (Lipinski definition) is 3. The van der Waals surface area contributed by atoms with Crippen molar-refractivity contribution in [2.24, 2.45) is 0 Å². The lowest BCUT2D eigenvalue weighted by Gasteiger charge is -2.05. The van der Waals surface area contributed by atoms with Crippen molar-refractivity contribution in [1.82, 2.24) is 5.32 Å². The van der Waals surface area contributed by atoms with Crippen molar-refractivity contribution in [3.8, 4) is 0 Å². The van der Waals surface area contributed by atoms with Gasteiger partial charge in [0.1, 0.15) is 5.25 Å². The smallest absolute Gasteiger partial charge is 0.243 e. The van der Waals surface area contributed by atoms with E-state index in [1.54, 1.807) is 12.2 Å². The first-order valence-electron chi connectivity index (χ1n) is 3.16. The van der Waals surface area contributed by atoms with Crippen molar-refractivity contribution in [1.29, 1.82) is 0 Å². The number of hydrogen-bond donors (Lipinski definition) is 1. The zero-order valence-electron chi connectivity index (χ0n) is 6.53. The first kappa shape index (κ1) is 10.2. The molecule has 4 heteroatoms.